The summed E-state index contributed by atoms with van der Waals surface area (Å²) in [5, 5.41) is 9.20. The topological polar surface area (TPSA) is 114 Å². The standard InChI is InChI=1S/C14H9N3O4/c15-7-3-4-8(14(20)21)10(6-7)17-12(18)9-2-1-5-16-11(9)13(17)19/h1-6H,15H2,(H,20,21). The second-order valence-electron chi connectivity index (χ2n) is 4.43. The highest BCUT2D eigenvalue weighted by Gasteiger charge is 2.39. The second-order valence-corrected chi connectivity index (χ2v) is 4.43. The molecule has 2 heterocycles. The lowest BCUT2D eigenvalue weighted by atomic mass is 10.1. The molecule has 0 fully saturated rings. The number of rotatable bonds is 2. The quantitative estimate of drug-likeness (QED) is 0.631. The first-order valence-corrected chi connectivity index (χ1v) is 5.97. The van der Waals surface area contributed by atoms with Gasteiger partial charge in [0.15, 0.2) is 0 Å². The van der Waals surface area contributed by atoms with Gasteiger partial charge >= 0.3 is 5.97 Å². The minimum atomic E-state index is -1.26. The molecule has 1 aliphatic heterocycles. The lowest BCUT2D eigenvalue weighted by Gasteiger charge is -2.16. The number of carboxylic acids is 1. The molecule has 1 aliphatic rings. The van der Waals surface area contributed by atoms with E-state index in [0.29, 0.717) is 0 Å². The number of hydrogen-bond donors (Lipinski definition) is 2. The fourth-order valence-corrected chi connectivity index (χ4v) is 2.20. The van der Waals surface area contributed by atoms with E-state index in [4.69, 9.17) is 5.73 Å². The number of amides is 2. The molecule has 0 saturated carbocycles. The van der Waals surface area contributed by atoms with Crippen LogP contribution in [-0.2, 0) is 0 Å². The molecule has 0 bridgehead atoms. The maximum Gasteiger partial charge on any atom is 0.337 e. The summed E-state index contributed by atoms with van der Waals surface area (Å²) in [6.45, 7) is 0. The van der Waals surface area contributed by atoms with Gasteiger partial charge in [0, 0.05) is 11.9 Å². The molecule has 2 aromatic rings. The number of hydrogen-bond acceptors (Lipinski definition) is 5. The van der Waals surface area contributed by atoms with Crippen LogP contribution in [0.5, 0.6) is 0 Å². The molecule has 0 unspecified atom stereocenters. The summed E-state index contributed by atoms with van der Waals surface area (Å²) in [7, 11) is 0. The van der Waals surface area contributed by atoms with Gasteiger partial charge in [0.2, 0.25) is 0 Å². The molecule has 0 radical (unpaired) electrons. The van der Waals surface area contributed by atoms with E-state index >= 15 is 0 Å². The fraction of sp³-hybridized carbons (Fsp3) is 0. The monoisotopic (exact) mass is 283 g/mol. The summed E-state index contributed by atoms with van der Waals surface area (Å²) in [4.78, 5) is 40.6. The average molecular weight is 283 g/mol. The molecule has 7 nitrogen and oxygen atoms in total. The Balaban J connectivity index is 2.20. The summed E-state index contributed by atoms with van der Waals surface area (Å²) in [6.07, 6.45) is 1.39. The molecule has 0 spiro atoms. The van der Waals surface area contributed by atoms with Crippen LogP contribution in [0.15, 0.2) is 36.5 Å². The van der Waals surface area contributed by atoms with E-state index in [1.807, 2.05) is 0 Å². The predicted molar refractivity (Wildman–Crippen MR) is 73.2 cm³/mol. The highest BCUT2D eigenvalue weighted by atomic mass is 16.4. The number of benzene rings is 1. The number of imide groups is 1. The largest absolute Gasteiger partial charge is 0.478 e. The maximum atomic E-state index is 12.3. The molecule has 0 atom stereocenters. The number of nitrogens with zero attached hydrogens (tertiary/aromatic N) is 2. The van der Waals surface area contributed by atoms with Crippen molar-refractivity contribution in [3.05, 3.63) is 53.3 Å². The van der Waals surface area contributed by atoms with Crippen molar-refractivity contribution in [2.75, 3.05) is 10.6 Å². The first-order chi connectivity index (χ1) is 10.0. The van der Waals surface area contributed by atoms with Crippen LogP contribution in [0, 0.1) is 0 Å². The SMILES string of the molecule is Nc1ccc(C(=O)O)c(N2C(=O)c3cccnc3C2=O)c1. The van der Waals surface area contributed by atoms with Crippen LogP contribution in [0.1, 0.15) is 31.2 Å². The molecule has 2 amide bonds. The highest BCUT2D eigenvalue weighted by molar-refractivity contribution is 6.34. The number of aromatic carboxylic acids is 1. The van der Waals surface area contributed by atoms with Crippen molar-refractivity contribution in [3.63, 3.8) is 0 Å². The first-order valence-electron chi connectivity index (χ1n) is 5.97. The van der Waals surface area contributed by atoms with Crippen LogP contribution < -0.4 is 10.6 Å². The highest BCUT2D eigenvalue weighted by Crippen LogP contribution is 2.31. The zero-order valence-electron chi connectivity index (χ0n) is 10.6. The van der Waals surface area contributed by atoms with Gasteiger partial charge in [0.1, 0.15) is 5.69 Å². The number of nitrogens with two attached hydrogens (primary N) is 1. The molecule has 0 saturated heterocycles. The Labute approximate surface area is 118 Å². The van der Waals surface area contributed by atoms with Crippen LogP contribution >= 0.6 is 0 Å². The number of fused-ring (bicyclic) bond motifs is 1. The van der Waals surface area contributed by atoms with Crippen molar-refractivity contribution in [1.82, 2.24) is 4.98 Å². The van der Waals surface area contributed by atoms with Crippen LogP contribution in [0.25, 0.3) is 0 Å². The van der Waals surface area contributed by atoms with Gasteiger partial charge in [-0.05, 0) is 30.3 Å². The molecular formula is C14H9N3O4. The minimum Gasteiger partial charge on any atom is -0.478 e. The van der Waals surface area contributed by atoms with Gasteiger partial charge in [-0.25, -0.2) is 9.69 Å². The van der Waals surface area contributed by atoms with Crippen LogP contribution in [0.3, 0.4) is 0 Å². The van der Waals surface area contributed by atoms with Gasteiger partial charge in [0.05, 0.1) is 16.8 Å². The lowest BCUT2D eigenvalue weighted by Crippen LogP contribution is -2.31. The summed E-state index contributed by atoms with van der Waals surface area (Å²) in [5.74, 6) is -2.53. The molecule has 3 rings (SSSR count). The van der Waals surface area contributed by atoms with Gasteiger partial charge in [-0.15, -0.1) is 0 Å². The Hall–Kier alpha value is -3.22. The number of aromatic nitrogens is 1. The Bertz CT molecular complexity index is 766. The number of anilines is 2. The third-order valence-electron chi connectivity index (χ3n) is 3.14. The Morgan fingerprint density at radius 3 is 2.62 bits per heavy atom. The van der Waals surface area contributed by atoms with Crippen molar-refractivity contribution in [2.45, 2.75) is 0 Å². The van der Waals surface area contributed by atoms with E-state index in [-0.39, 0.29) is 28.2 Å². The van der Waals surface area contributed by atoms with Gasteiger partial charge in [-0.3, -0.25) is 14.6 Å². The van der Waals surface area contributed by atoms with Crippen LogP contribution in [-0.4, -0.2) is 27.9 Å². The van der Waals surface area contributed by atoms with Crippen molar-refractivity contribution in [1.29, 1.82) is 0 Å². The van der Waals surface area contributed by atoms with E-state index in [9.17, 15) is 19.5 Å². The fourth-order valence-electron chi connectivity index (χ4n) is 2.20. The molecule has 21 heavy (non-hydrogen) atoms. The summed E-state index contributed by atoms with van der Waals surface area (Å²) in [6, 6.07) is 6.93. The predicted octanol–water partition coefficient (Wildman–Crippen LogP) is 1.16. The van der Waals surface area contributed by atoms with Crippen LogP contribution in [0.2, 0.25) is 0 Å². The Morgan fingerprint density at radius 2 is 1.95 bits per heavy atom. The van der Waals surface area contributed by atoms with Gasteiger partial charge in [-0.2, -0.15) is 0 Å². The Kier molecular flexibility index (Phi) is 2.69. The van der Waals surface area contributed by atoms with E-state index in [1.54, 1.807) is 0 Å². The molecule has 7 heteroatoms. The maximum absolute atomic E-state index is 12.3. The third-order valence-corrected chi connectivity index (χ3v) is 3.14. The van der Waals surface area contributed by atoms with Crippen molar-refractivity contribution >= 4 is 29.2 Å². The summed E-state index contributed by atoms with van der Waals surface area (Å²) in [5.41, 5.74) is 5.78. The van der Waals surface area contributed by atoms with Crippen molar-refractivity contribution in [2.24, 2.45) is 0 Å². The molecule has 1 aromatic carbocycles. The van der Waals surface area contributed by atoms with Crippen LogP contribution in [0.4, 0.5) is 11.4 Å². The minimum absolute atomic E-state index is 0.00117. The van der Waals surface area contributed by atoms with E-state index in [2.05, 4.69) is 4.98 Å². The first kappa shape index (κ1) is 12.8. The molecular weight excluding hydrogens is 274 g/mol. The van der Waals surface area contributed by atoms with E-state index in [1.165, 1.54) is 36.5 Å². The zero-order valence-corrected chi connectivity index (χ0v) is 10.6. The molecule has 1 aromatic heterocycles. The van der Waals surface area contributed by atoms with E-state index in [0.717, 1.165) is 4.90 Å². The molecule has 0 aliphatic carbocycles. The average Bonchev–Trinajstić information content (AvgIpc) is 2.71. The summed E-state index contributed by atoms with van der Waals surface area (Å²) < 4.78 is 0. The normalized spacial score (nSPS) is 13.4. The van der Waals surface area contributed by atoms with Gasteiger partial charge in [-0.1, -0.05) is 0 Å². The number of pyridine rings is 1. The molecule has 3 N–H and O–H groups in total. The number of carbonyl (C=O) groups excluding carboxylic acids is 2. The van der Waals surface area contributed by atoms with E-state index < -0.39 is 17.8 Å². The van der Waals surface area contributed by atoms with Gasteiger partial charge < -0.3 is 10.8 Å². The van der Waals surface area contributed by atoms with Crippen molar-refractivity contribution < 1.29 is 19.5 Å². The van der Waals surface area contributed by atoms with Gasteiger partial charge in [0.25, 0.3) is 11.8 Å². The summed E-state index contributed by atoms with van der Waals surface area (Å²) >= 11 is 0. The smallest absolute Gasteiger partial charge is 0.337 e. The molecule has 104 valence electrons. The number of carbonyl (C=O) groups is 3. The number of carboxylic acid groups (broad SMARTS) is 1. The number of nitrogen functional groups attached to an aromatic ring is 1. The second kappa shape index (κ2) is 4.41. The Morgan fingerprint density at radius 1 is 1.19 bits per heavy atom. The zero-order chi connectivity index (χ0) is 15.1. The van der Waals surface area contributed by atoms with Crippen molar-refractivity contribution in [3.8, 4) is 0 Å². The lowest BCUT2D eigenvalue weighted by molar-refractivity contribution is 0.0698. The third kappa shape index (κ3) is 1.83.